The van der Waals surface area contributed by atoms with Crippen LogP contribution < -0.4 is 10.0 Å². The first kappa shape index (κ1) is 20.3. The van der Waals surface area contributed by atoms with Crippen molar-refractivity contribution in [2.45, 2.75) is 30.1 Å². The molecule has 2 N–H and O–H groups in total. The summed E-state index contributed by atoms with van der Waals surface area (Å²) in [6.45, 7) is 5.87. The molecular weight excluding hydrogens is 362 g/mol. The molecule has 0 saturated carbocycles. The van der Waals surface area contributed by atoms with Crippen LogP contribution in [0.25, 0.3) is 0 Å². The number of likely N-dealkylation sites (N-methyl/N-ethyl adjacent to an activating group) is 1. The van der Waals surface area contributed by atoms with Crippen molar-refractivity contribution in [1.82, 2.24) is 14.3 Å². The predicted octanol–water partition coefficient (Wildman–Crippen LogP) is 0.851. The average molecular weight is 390 g/mol. The Kier molecular flexibility index (Phi) is 6.61. The van der Waals surface area contributed by atoms with E-state index in [-0.39, 0.29) is 16.3 Å². The number of piperidine rings is 1. The molecule has 142 valence electrons. The van der Waals surface area contributed by atoms with Gasteiger partial charge in [0.05, 0.1) is 9.79 Å². The maximum atomic E-state index is 12.8. The molecule has 0 bridgehead atoms. The maximum absolute atomic E-state index is 12.8. The Bertz CT molecular complexity index is 766. The molecule has 1 aromatic rings. The van der Waals surface area contributed by atoms with E-state index in [2.05, 4.69) is 10.0 Å². The minimum absolute atomic E-state index is 0.0583. The van der Waals surface area contributed by atoms with E-state index in [1.54, 1.807) is 7.05 Å². The Morgan fingerprint density at radius 2 is 1.48 bits per heavy atom. The molecule has 1 fully saturated rings. The second-order valence-corrected chi connectivity index (χ2v) is 10.4. The van der Waals surface area contributed by atoms with Crippen LogP contribution in [-0.4, -0.2) is 54.4 Å². The van der Waals surface area contributed by atoms with E-state index in [1.165, 1.54) is 28.6 Å². The summed E-state index contributed by atoms with van der Waals surface area (Å²) in [4.78, 5) is 0.186. The molecule has 1 aliphatic rings. The third-order valence-electron chi connectivity index (χ3n) is 4.27. The SMILES string of the molecule is CNCCNS(=O)(=O)c1ccc(S(=O)(=O)N2CC(C)CC(C)C2)cc1. The van der Waals surface area contributed by atoms with Crippen molar-refractivity contribution in [2.24, 2.45) is 11.8 Å². The van der Waals surface area contributed by atoms with Crippen LogP contribution in [0.1, 0.15) is 20.3 Å². The van der Waals surface area contributed by atoms with Crippen LogP contribution in [0.5, 0.6) is 0 Å². The zero-order valence-corrected chi connectivity index (χ0v) is 16.5. The number of sulfonamides is 2. The van der Waals surface area contributed by atoms with E-state index in [9.17, 15) is 16.8 Å². The second kappa shape index (κ2) is 8.13. The van der Waals surface area contributed by atoms with Crippen molar-refractivity contribution in [1.29, 1.82) is 0 Å². The van der Waals surface area contributed by atoms with Gasteiger partial charge in [-0.15, -0.1) is 0 Å². The molecule has 1 aromatic carbocycles. The molecule has 0 aliphatic carbocycles. The number of nitrogens with one attached hydrogen (secondary N) is 2. The standard InChI is InChI=1S/C16H27N3O4S2/c1-13-10-14(2)12-19(11-13)25(22,23)16-6-4-15(5-7-16)24(20,21)18-9-8-17-3/h4-7,13-14,17-18H,8-12H2,1-3H3. The molecule has 0 spiro atoms. The van der Waals surface area contributed by atoms with E-state index < -0.39 is 20.0 Å². The quantitative estimate of drug-likeness (QED) is 0.674. The molecule has 9 heteroatoms. The summed E-state index contributed by atoms with van der Waals surface area (Å²) in [5.41, 5.74) is 0. The highest BCUT2D eigenvalue weighted by atomic mass is 32.2. The fourth-order valence-corrected chi connectivity index (χ4v) is 5.85. The average Bonchev–Trinajstić information content (AvgIpc) is 2.54. The Morgan fingerprint density at radius 3 is 2.00 bits per heavy atom. The van der Waals surface area contributed by atoms with Crippen molar-refractivity contribution < 1.29 is 16.8 Å². The first-order chi connectivity index (χ1) is 11.7. The summed E-state index contributed by atoms with van der Waals surface area (Å²) >= 11 is 0. The van der Waals surface area contributed by atoms with Gasteiger partial charge in [0.2, 0.25) is 20.0 Å². The minimum atomic E-state index is -3.64. The topological polar surface area (TPSA) is 95.6 Å². The van der Waals surface area contributed by atoms with Gasteiger partial charge < -0.3 is 5.32 Å². The largest absolute Gasteiger partial charge is 0.318 e. The Labute approximate surface area is 150 Å². The van der Waals surface area contributed by atoms with E-state index in [0.29, 0.717) is 31.5 Å². The lowest BCUT2D eigenvalue weighted by Gasteiger charge is -2.34. The number of nitrogens with zero attached hydrogens (tertiary/aromatic N) is 1. The zero-order chi connectivity index (χ0) is 18.7. The van der Waals surface area contributed by atoms with Crippen LogP contribution in [-0.2, 0) is 20.0 Å². The molecule has 25 heavy (non-hydrogen) atoms. The van der Waals surface area contributed by atoms with Gasteiger partial charge in [-0.25, -0.2) is 21.6 Å². The Morgan fingerprint density at radius 1 is 0.960 bits per heavy atom. The van der Waals surface area contributed by atoms with Crippen molar-refractivity contribution in [2.75, 3.05) is 33.2 Å². The normalized spacial score (nSPS) is 22.8. The monoisotopic (exact) mass is 389 g/mol. The van der Waals surface area contributed by atoms with Gasteiger partial charge in [0.1, 0.15) is 0 Å². The van der Waals surface area contributed by atoms with E-state index in [0.717, 1.165) is 6.42 Å². The van der Waals surface area contributed by atoms with Crippen LogP contribution in [0.3, 0.4) is 0 Å². The molecular formula is C16H27N3O4S2. The van der Waals surface area contributed by atoms with Gasteiger partial charge in [-0.1, -0.05) is 13.8 Å². The smallest absolute Gasteiger partial charge is 0.243 e. The highest BCUT2D eigenvalue weighted by Gasteiger charge is 2.31. The maximum Gasteiger partial charge on any atom is 0.243 e. The van der Waals surface area contributed by atoms with E-state index in [1.807, 2.05) is 13.8 Å². The third-order valence-corrected chi connectivity index (χ3v) is 7.60. The molecule has 2 rings (SSSR count). The van der Waals surface area contributed by atoms with Crippen LogP contribution in [0, 0.1) is 11.8 Å². The fraction of sp³-hybridized carbons (Fsp3) is 0.625. The fourth-order valence-electron chi connectivity index (χ4n) is 3.14. The molecule has 0 radical (unpaired) electrons. The first-order valence-corrected chi connectivity index (χ1v) is 11.3. The minimum Gasteiger partial charge on any atom is -0.318 e. The summed E-state index contributed by atoms with van der Waals surface area (Å²) < 4.78 is 53.9. The molecule has 1 saturated heterocycles. The first-order valence-electron chi connectivity index (χ1n) is 8.41. The molecule has 1 aliphatic heterocycles. The van der Waals surface area contributed by atoms with Crippen molar-refractivity contribution in [3.05, 3.63) is 24.3 Å². The molecule has 7 nitrogen and oxygen atoms in total. The predicted molar refractivity (Wildman–Crippen MR) is 97.3 cm³/mol. The highest BCUT2D eigenvalue weighted by molar-refractivity contribution is 7.89. The Hall–Kier alpha value is -1.00. The van der Waals surface area contributed by atoms with Gasteiger partial charge in [-0.3, -0.25) is 0 Å². The number of hydrogen-bond acceptors (Lipinski definition) is 5. The lowest BCUT2D eigenvalue weighted by Crippen LogP contribution is -2.42. The van der Waals surface area contributed by atoms with Gasteiger partial charge in [0, 0.05) is 26.2 Å². The van der Waals surface area contributed by atoms with E-state index in [4.69, 9.17) is 0 Å². The number of benzene rings is 1. The van der Waals surface area contributed by atoms with Crippen molar-refractivity contribution in [3.63, 3.8) is 0 Å². The highest BCUT2D eigenvalue weighted by Crippen LogP contribution is 2.27. The van der Waals surface area contributed by atoms with Crippen molar-refractivity contribution >= 4 is 20.0 Å². The van der Waals surface area contributed by atoms with Crippen LogP contribution in [0.2, 0.25) is 0 Å². The zero-order valence-electron chi connectivity index (χ0n) is 14.9. The van der Waals surface area contributed by atoms with Crippen molar-refractivity contribution in [3.8, 4) is 0 Å². The van der Waals surface area contributed by atoms with Gasteiger partial charge in [-0.2, -0.15) is 4.31 Å². The summed E-state index contributed by atoms with van der Waals surface area (Å²) in [5, 5.41) is 2.85. The molecule has 0 amide bonds. The molecule has 0 aromatic heterocycles. The number of hydrogen-bond donors (Lipinski definition) is 2. The van der Waals surface area contributed by atoms with Crippen LogP contribution in [0.4, 0.5) is 0 Å². The lowest BCUT2D eigenvalue weighted by atomic mass is 9.94. The summed E-state index contributed by atoms with van der Waals surface area (Å²) in [7, 11) is -5.51. The summed E-state index contributed by atoms with van der Waals surface area (Å²) in [5.74, 6) is 0.629. The molecule has 2 unspecified atom stereocenters. The van der Waals surface area contributed by atoms with Gasteiger partial charge in [0.15, 0.2) is 0 Å². The van der Waals surface area contributed by atoms with Crippen LogP contribution in [0.15, 0.2) is 34.1 Å². The molecule has 1 heterocycles. The second-order valence-electron chi connectivity index (χ2n) is 6.74. The van der Waals surface area contributed by atoms with E-state index >= 15 is 0 Å². The lowest BCUT2D eigenvalue weighted by molar-refractivity contribution is 0.222. The molecule has 2 atom stereocenters. The Balaban J connectivity index is 2.18. The van der Waals surface area contributed by atoms with Gasteiger partial charge >= 0.3 is 0 Å². The third kappa shape index (κ3) is 5.01. The summed E-state index contributed by atoms with van der Waals surface area (Å²) in [6, 6.07) is 5.41. The van der Waals surface area contributed by atoms with Gasteiger partial charge in [-0.05, 0) is 49.6 Å². The van der Waals surface area contributed by atoms with Crippen LogP contribution >= 0.6 is 0 Å². The number of rotatable bonds is 7. The van der Waals surface area contributed by atoms with Gasteiger partial charge in [0.25, 0.3) is 0 Å². The summed E-state index contributed by atoms with van der Waals surface area (Å²) in [6.07, 6.45) is 1.02.